The van der Waals surface area contributed by atoms with Crippen molar-refractivity contribution in [2.75, 3.05) is 16.3 Å². The number of amides is 1. The van der Waals surface area contributed by atoms with Crippen LogP contribution in [0.2, 0.25) is 0 Å². The number of rotatable bonds is 5. The second-order valence-corrected chi connectivity index (χ2v) is 7.11. The lowest BCUT2D eigenvalue weighted by molar-refractivity contribution is -0.137. The van der Waals surface area contributed by atoms with E-state index in [-0.39, 0.29) is 16.9 Å². The second kappa shape index (κ2) is 7.61. The molecule has 2 rings (SSSR count). The van der Waals surface area contributed by atoms with Gasteiger partial charge in [-0.3, -0.25) is 9.52 Å². The Balaban J connectivity index is 2.14. The lowest BCUT2D eigenvalue weighted by Gasteiger charge is -2.10. The minimum atomic E-state index is -4.47. The molecule has 2 aromatic carbocycles. The Bertz CT molecular complexity index is 938. The predicted molar refractivity (Wildman–Crippen MR) is 94.0 cm³/mol. The molecule has 0 aliphatic heterocycles. The monoisotopic (exact) mass is 384 g/mol. The summed E-state index contributed by atoms with van der Waals surface area (Å²) in [7, 11) is -3.54. The zero-order chi connectivity index (χ0) is 19.4. The van der Waals surface area contributed by atoms with Gasteiger partial charge in [0.1, 0.15) is 0 Å². The van der Waals surface area contributed by atoms with Gasteiger partial charge in [-0.2, -0.15) is 13.2 Å². The Morgan fingerprint density at radius 2 is 1.69 bits per heavy atom. The van der Waals surface area contributed by atoms with Crippen LogP contribution in [-0.4, -0.2) is 20.6 Å². The molecule has 0 spiro atoms. The number of carbonyl (C=O) groups is 1. The van der Waals surface area contributed by atoms with Crippen molar-refractivity contribution in [2.24, 2.45) is 0 Å². The molecule has 0 aliphatic carbocycles. The van der Waals surface area contributed by atoms with E-state index in [2.05, 4.69) is 10.0 Å². The first kappa shape index (κ1) is 19.5. The average Bonchev–Trinajstić information content (AvgIpc) is 2.53. The molecule has 0 unspecified atom stereocenters. The highest BCUT2D eigenvalue weighted by atomic mass is 32.2. The Morgan fingerprint density at radius 1 is 1.04 bits per heavy atom. The van der Waals surface area contributed by atoms with Gasteiger partial charge >= 0.3 is 6.18 Å². The van der Waals surface area contributed by atoms with Gasteiger partial charge in [0, 0.05) is 6.08 Å². The first-order valence-corrected chi connectivity index (χ1v) is 9.17. The number of alkyl halides is 3. The van der Waals surface area contributed by atoms with Crippen molar-refractivity contribution in [3.05, 3.63) is 65.7 Å². The summed E-state index contributed by atoms with van der Waals surface area (Å²) in [6.07, 6.45) is -1.20. The summed E-state index contributed by atoms with van der Waals surface area (Å²) >= 11 is 0. The van der Waals surface area contributed by atoms with Crippen LogP contribution in [0.1, 0.15) is 11.1 Å². The van der Waals surface area contributed by atoms with Crippen molar-refractivity contribution < 1.29 is 26.4 Å². The third-order valence-electron chi connectivity index (χ3n) is 3.12. The molecule has 0 radical (unpaired) electrons. The van der Waals surface area contributed by atoms with Gasteiger partial charge in [-0.15, -0.1) is 0 Å². The summed E-state index contributed by atoms with van der Waals surface area (Å²) < 4.78 is 63.0. The van der Waals surface area contributed by atoms with E-state index in [4.69, 9.17) is 0 Å². The zero-order valence-electron chi connectivity index (χ0n) is 13.5. The van der Waals surface area contributed by atoms with Crippen LogP contribution in [0.4, 0.5) is 24.5 Å². The molecule has 9 heteroatoms. The predicted octanol–water partition coefficient (Wildman–Crippen LogP) is 3.73. The molecule has 0 aliphatic rings. The first-order valence-electron chi connectivity index (χ1n) is 7.28. The van der Waals surface area contributed by atoms with Crippen LogP contribution in [0, 0.1) is 0 Å². The largest absolute Gasteiger partial charge is 0.416 e. The number of nitrogens with one attached hydrogen (secondary N) is 2. The minimum Gasteiger partial charge on any atom is -0.321 e. The SMILES string of the molecule is CS(=O)(=O)Nc1ccccc1NC(=O)C=Cc1cccc(C(F)(F)F)c1. The van der Waals surface area contributed by atoms with Crippen molar-refractivity contribution in [1.29, 1.82) is 0 Å². The molecule has 0 atom stereocenters. The van der Waals surface area contributed by atoms with E-state index in [1.54, 1.807) is 12.1 Å². The highest BCUT2D eigenvalue weighted by Gasteiger charge is 2.30. The molecule has 1 amide bonds. The van der Waals surface area contributed by atoms with Gasteiger partial charge in [0.15, 0.2) is 0 Å². The van der Waals surface area contributed by atoms with Gasteiger partial charge in [0.05, 0.1) is 23.2 Å². The van der Waals surface area contributed by atoms with Crippen molar-refractivity contribution in [2.45, 2.75) is 6.18 Å². The minimum absolute atomic E-state index is 0.177. The summed E-state index contributed by atoms with van der Waals surface area (Å²) in [5.41, 5.74) is -0.215. The maximum atomic E-state index is 12.7. The van der Waals surface area contributed by atoms with Crippen LogP contribution >= 0.6 is 0 Å². The first-order chi connectivity index (χ1) is 12.0. The second-order valence-electron chi connectivity index (χ2n) is 5.37. The summed E-state index contributed by atoms with van der Waals surface area (Å²) in [6.45, 7) is 0. The smallest absolute Gasteiger partial charge is 0.321 e. The van der Waals surface area contributed by atoms with Crippen LogP contribution in [0.5, 0.6) is 0 Å². The number of benzene rings is 2. The van der Waals surface area contributed by atoms with E-state index < -0.39 is 27.7 Å². The van der Waals surface area contributed by atoms with E-state index in [0.29, 0.717) is 0 Å². The molecule has 26 heavy (non-hydrogen) atoms. The topological polar surface area (TPSA) is 75.3 Å². The summed E-state index contributed by atoms with van der Waals surface area (Å²) in [5, 5.41) is 2.47. The fraction of sp³-hybridized carbons (Fsp3) is 0.118. The van der Waals surface area contributed by atoms with E-state index in [9.17, 15) is 26.4 Å². The van der Waals surface area contributed by atoms with Crippen molar-refractivity contribution in [1.82, 2.24) is 0 Å². The molecular formula is C17H15F3N2O3S. The third kappa shape index (κ3) is 5.92. The average molecular weight is 384 g/mol. The Morgan fingerprint density at radius 3 is 2.31 bits per heavy atom. The van der Waals surface area contributed by atoms with E-state index in [1.807, 2.05) is 0 Å². The van der Waals surface area contributed by atoms with Gasteiger partial charge in [0.25, 0.3) is 0 Å². The number of hydrogen-bond donors (Lipinski definition) is 2. The number of halogens is 3. The Kier molecular flexibility index (Phi) is 5.71. The molecule has 2 N–H and O–H groups in total. The Labute approximate surface area is 148 Å². The lowest BCUT2D eigenvalue weighted by atomic mass is 10.1. The fourth-order valence-corrected chi connectivity index (χ4v) is 2.62. The third-order valence-corrected chi connectivity index (χ3v) is 3.71. The van der Waals surface area contributed by atoms with Crippen LogP contribution in [0.25, 0.3) is 6.08 Å². The molecule has 0 saturated carbocycles. The molecular weight excluding hydrogens is 369 g/mol. The Hall–Kier alpha value is -2.81. The molecule has 138 valence electrons. The molecule has 0 saturated heterocycles. The van der Waals surface area contributed by atoms with Crippen molar-refractivity contribution >= 4 is 33.4 Å². The van der Waals surface area contributed by atoms with Crippen LogP contribution in [-0.2, 0) is 21.0 Å². The number of anilines is 2. The van der Waals surface area contributed by atoms with Gasteiger partial charge in [-0.05, 0) is 35.9 Å². The van der Waals surface area contributed by atoms with Gasteiger partial charge < -0.3 is 5.32 Å². The molecule has 2 aromatic rings. The molecule has 0 fully saturated rings. The van der Waals surface area contributed by atoms with E-state index >= 15 is 0 Å². The lowest BCUT2D eigenvalue weighted by Crippen LogP contribution is -2.14. The van der Waals surface area contributed by atoms with Crippen LogP contribution in [0.15, 0.2) is 54.6 Å². The summed E-state index contributed by atoms with van der Waals surface area (Å²) in [5.74, 6) is -0.620. The van der Waals surface area contributed by atoms with E-state index in [0.717, 1.165) is 24.5 Å². The number of para-hydroxylation sites is 2. The summed E-state index contributed by atoms with van der Waals surface area (Å²) in [4.78, 5) is 12.0. The normalized spacial score (nSPS) is 12.2. The molecule has 0 aromatic heterocycles. The molecule has 5 nitrogen and oxygen atoms in total. The highest BCUT2D eigenvalue weighted by Crippen LogP contribution is 2.29. The fourth-order valence-electron chi connectivity index (χ4n) is 2.05. The van der Waals surface area contributed by atoms with Gasteiger partial charge in [0.2, 0.25) is 15.9 Å². The maximum absolute atomic E-state index is 12.7. The van der Waals surface area contributed by atoms with Gasteiger partial charge in [-0.1, -0.05) is 24.3 Å². The van der Waals surface area contributed by atoms with Gasteiger partial charge in [-0.25, -0.2) is 8.42 Å². The quantitative estimate of drug-likeness (QED) is 0.772. The molecule has 0 heterocycles. The van der Waals surface area contributed by atoms with E-state index in [1.165, 1.54) is 30.3 Å². The van der Waals surface area contributed by atoms with Crippen LogP contribution in [0.3, 0.4) is 0 Å². The van der Waals surface area contributed by atoms with Crippen molar-refractivity contribution in [3.8, 4) is 0 Å². The summed E-state index contributed by atoms with van der Waals surface area (Å²) in [6, 6.07) is 10.7. The van der Waals surface area contributed by atoms with Crippen LogP contribution < -0.4 is 10.0 Å². The zero-order valence-corrected chi connectivity index (χ0v) is 14.4. The number of carbonyl (C=O) groups excluding carboxylic acids is 1. The number of sulfonamides is 1. The highest BCUT2D eigenvalue weighted by molar-refractivity contribution is 7.92. The van der Waals surface area contributed by atoms with Crippen molar-refractivity contribution in [3.63, 3.8) is 0 Å². The maximum Gasteiger partial charge on any atom is 0.416 e. The molecule has 0 bridgehead atoms. The number of hydrogen-bond acceptors (Lipinski definition) is 3. The standard InChI is InChI=1S/C17H15F3N2O3S/c1-26(24,25)22-15-8-3-2-7-14(15)21-16(23)10-9-12-5-4-6-13(11-12)17(18,19)20/h2-11,22H,1H3,(H,21,23).